The van der Waals surface area contributed by atoms with E-state index in [4.69, 9.17) is 4.84 Å². The third kappa shape index (κ3) is 7.21. The van der Waals surface area contributed by atoms with Crippen molar-refractivity contribution >= 4 is 6.21 Å². The highest BCUT2D eigenvalue weighted by atomic mass is 16.6. The van der Waals surface area contributed by atoms with Gasteiger partial charge >= 0.3 is 0 Å². The highest BCUT2D eigenvalue weighted by Gasteiger charge is 1.79. The lowest BCUT2D eigenvalue weighted by atomic mass is 10.3. The van der Waals surface area contributed by atoms with Crippen molar-refractivity contribution in [3.63, 3.8) is 0 Å². The van der Waals surface area contributed by atoms with E-state index in [1.807, 2.05) is 0 Å². The van der Waals surface area contributed by atoms with E-state index >= 15 is 0 Å². The van der Waals surface area contributed by atoms with Gasteiger partial charge in [0.05, 0.1) is 0 Å². The van der Waals surface area contributed by atoms with Gasteiger partial charge in [0.1, 0.15) is 12.8 Å². The Balaban J connectivity index is 2.96. The van der Waals surface area contributed by atoms with Crippen molar-refractivity contribution in [2.24, 2.45) is 5.16 Å². The molecular weight excluding hydrogens is 126 g/mol. The molecular formula is C8H14NO. The Labute approximate surface area is 62.6 Å². The first kappa shape index (κ1) is 9.21. The summed E-state index contributed by atoms with van der Waals surface area (Å²) in [7, 11) is 0. The van der Waals surface area contributed by atoms with Crippen LogP contribution in [0.5, 0.6) is 0 Å². The number of unbranched alkanes of at least 4 members (excludes halogenated alkanes) is 2. The van der Waals surface area contributed by atoms with Crippen LogP contribution in [0.2, 0.25) is 0 Å². The lowest BCUT2D eigenvalue weighted by Gasteiger charge is -1.89. The highest BCUT2D eigenvalue weighted by Crippen LogP contribution is 1.89. The Morgan fingerprint density at radius 3 is 3.10 bits per heavy atom. The van der Waals surface area contributed by atoms with Crippen LogP contribution in [0, 0.1) is 0 Å². The number of hydrogen-bond acceptors (Lipinski definition) is 2. The zero-order valence-corrected chi connectivity index (χ0v) is 6.47. The largest absolute Gasteiger partial charge is 0.391 e. The second kappa shape index (κ2) is 8.21. The van der Waals surface area contributed by atoms with E-state index in [-0.39, 0.29) is 0 Å². The molecule has 0 aliphatic rings. The second-order valence-electron chi connectivity index (χ2n) is 1.94. The molecule has 0 unspecified atom stereocenters. The number of nitrogens with zero attached hydrogens (tertiary/aromatic N) is 1. The Bertz CT molecular complexity index is 99.4. The molecule has 0 bridgehead atoms. The van der Waals surface area contributed by atoms with Crippen molar-refractivity contribution in [3.05, 3.63) is 12.7 Å². The van der Waals surface area contributed by atoms with Crippen LogP contribution >= 0.6 is 0 Å². The smallest absolute Gasteiger partial charge is 0.135 e. The molecule has 0 spiro atoms. The van der Waals surface area contributed by atoms with Crippen LogP contribution in [0.15, 0.2) is 17.8 Å². The summed E-state index contributed by atoms with van der Waals surface area (Å²) in [6.45, 7) is 6.08. The molecule has 0 atom stereocenters. The summed E-state index contributed by atoms with van der Waals surface area (Å²) in [4.78, 5) is 4.73. The summed E-state index contributed by atoms with van der Waals surface area (Å²) in [5, 5.41) is 3.58. The van der Waals surface area contributed by atoms with Crippen molar-refractivity contribution < 1.29 is 4.84 Å². The maximum Gasteiger partial charge on any atom is 0.135 e. The summed E-state index contributed by atoms with van der Waals surface area (Å²) >= 11 is 0. The Morgan fingerprint density at radius 2 is 2.50 bits per heavy atom. The summed E-state index contributed by atoms with van der Waals surface area (Å²) in [6.07, 6.45) is 7.61. The Hall–Kier alpha value is -0.790. The predicted molar refractivity (Wildman–Crippen MR) is 43.1 cm³/mol. The van der Waals surface area contributed by atoms with Gasteiger partial charge in [0.2, 0.25) is 0 Å². The van der Waals surface area contributed by atoms with Gasteiger partial charge in [0.15, 0.2) is 0 Å². The van der Waals surface area contributed by atoms with Gasteiger partial charge in [0.25, 0.3) is 0 Å². The van der Waals surface area contributed by atoms with Gasteiger partial charge in [-0.05, 0) is 12.8 Å². The zero-order valence-electron chi connectivity index (χ0n) is 6.47. The molecule has 0 saturated carbocycles. The molecule has 10 heavy (non-hydrogen) atoms. The molecule has 0 rings (SSSR count). The molecule has 0 heterocycles. The first-order valence-electron chi connectivity index (χ1n) is 3.57. The maximum absolute atomic E-state index is 4.73. The fraction of sp³-hybridized carbons (Fsp3) is 0.625. The lowest BCUT2D eigenvalue weighted by Crippen LogP contribution is -1.82. The summed E-state index contributed by atoms with van der Waals surface area (Å²) in [5.74, 6) is 0. The summed E-state index contributed by atoms with van der Waals surface area (Å²) in [6, 6.07) is 0. The van der Waals surface area contributed by atoms with Crippen LogP contribution in [-0.2, 0) is 4.84 Å². The van der Waals surface area contributed by atoms with Crippen LogP contribution in [0.25, 0.3) is 0 Å². The molecule has 0 aromatic carbocycles. The van der Waals surface area contributed by atoms with E-state index in [1.54, 1.807) is 6.08 Å². The van der Waals surface area contributed by atoms with Crippen molar-refractivity contribution in [3.8, 4) is 0 Å². The molecule has 2 nitrogen and oxygen atoms in total. The molecule has 0 aromatic rings. The SMILES string of the molecule is C=CCO/N=[C]\CCCC. The van der Waals surface area contributed by atoms with Gasteiger partial charge in [-0.1, -0.05) is 31.2 Å². The van der Waals surface area contributed by atoms with Crippen molar-refractivity contribution in [1.29, 1.82) is 0 Å². The maximum atomic E-state index is 4.73. The number of rotatable bonds is 6. The molecule has 0 amide bonds. The van der Waals surface area contributed by atoms with Crippen molar-refractivity contribution in [2.45, 2.75) is 26.2 Å². The minimum absolute atomic E-state index is 0.471. The molecule has 0 aromatic heterocycles. The summed E-state index contributed by atoms with van der Waals surface area (Å²) in [5.41, 5.74) is 0. The van der Waals surface area contributed by atoms with Crippen LogP contribution in [0.1, 0.15) is 26.2 Å². The topological polar surface area (TPSA) is 21.6 Å². The Kier molecular flexibility index (Phi) is 7.56. The Morgan fingerprint density at radius 1 is 1.70 bits per heavy atom. The first-order chi connectivity index (χ1) is 4.91. The molecule has 0 aliphatic carbocycles. The average Bonchev–Trinajstić information content (AvgIpc) is 1.97. The monoisotopic (exact) mass is 140 g/mol. The van der Waals surface area contributed by atoms with E-state index < -0.39 is 0 Å². The summed E-state index contributed by atoms with van der Waals surface area (Å²) < 4.78 is 0. The standard InChI is InChI=1S/C8H14NO/c1-3-5-6-7-9-10-8-4-2/h4H,2-3,5-6,8H2,1H3. The van der Waals surface area contributed by atoms with Crippen LogP contribution in [0.3, 0.4) is 0 Å². The molecule has 0 N–H and O–H groups in total. The van der Waals surface area contributed by atoms with Crippen LogP contribution in [-0.4, -0.2) is 12.8 Å². The van der Waals surface area contributed by atoms with Gasteiger partial charge in [0, 0.05) is 0 Å². The molecule has 1 radical (unpaired) electrons. The van der Waals surface area contributed by atoms with E-state index in [1.165, 1.54) is 6.42 Å². The lowest BCUT2D eigenvalue weighted by molar-refractivity contribution is 0.176. The van der Waals surface area contributed by atoms with Gasteiger partial charge in [-0.3, -0.25) is 0 Å². The first-order valence-corrected chi connectivity index (χ1v) is 3.57. The third-order valence-corrected chi connectivity index (χ3v) is 0.964. The zero-order chi connectivity index (χ0) is 7.66. The molecule has 0 aliphatic heterocycles. The van der Waals surface area contributed by atoms with Crippen LogP contribution in [0.4, 0.5) is 0 Å². The predicted octanol–water partition coefficient (Wildman–Crippen LogP) is 2.24. The quantitative estimate of drug-likeness (QED) is 0.240. The van der Waals surface area contributed by atoms with Gasteiger partial charge in [-0.25, -0.2) is 0 Å². The van der Waals surface area contributed by atoms with Gasteiger partial charge < -0.3 is 4.84 Å². The fourth-order valence-electron chi connectivity index (χ4n) is 0.437. The molecule has 2 heteroatoms. The van der Waals surface area contributed by atoms with E-state index in [0.29, 0.717) is 6.61 Å². The highest BCUT2D eigenvalue weighted by molar-refractivity contribution is 5.56. The molecule has 0 fully saturated rings. The minimum atomic E-state index is 0.471. The fourth-order valence-corrected chi connectivity index (χ4v) is 0.437. The van der Waals surface area contributed by atoms with E-state index in [0.717, 1.165) is 12.8 Å². The normalized spacial score (nSPS) is 10.1. The molecule has 57 valence electrons. The van der Waals surface area contributed by atoms with E-state index in [9.17, 15) is 0 Å². The second-order valence-corrected chi connectivity index (χ2v) is 1.94. The van der Waals surface area contributed by atoms with Crippen molar-refractivity contribution in [1.82, 2.24) is 0 Å². The van der Waals surface area contributed by atoms with E-state index in [2.05, 4.69) is 24.9 Å². The third-order valence-electron chi connectivity index (χ3n) is 0.964. The van der Waals surface area contributed by atoms with Gasteiger partial charge in [-0.15, -0.1) is 0 Å². The average molecular weight is 140 g/mol. The minimum Gasteiger partial charge on any atom is -0.391 e. The number of hydrogen-bond donors (Lipinski definition) is 0. The van der Waals surface area contributed by atoms with Crippen LogP contribution < -0.4 is 0 Å². The van der Waals surface area contributed by atoms with Crippen molar-refractivity contribution in [2.75, 3.05) is 6.61 Å². The molecule has 0 saturated heterocycles. The van der Waals surface area contributed by atoms with Gasteiger partial charge in [-0.2, -0.15) is 0 Å².